The van der Waals surface area contributed by atoms with Crippen LogP contribution in [0.15, 0.2) is 23.8 Å². The summed E-state index contributed by atoms with van der Waals surface area (Å²) < 4.78 is 39.4. The summed E-state index contributed by atoms with van der Waals surface area (Å²) in [5.41, 5.74) is 3.45. The van der Waals surface area contributed by atoms with Crippen molar-refractivity contribution in [2.75, 3.05) is 0 Å². The molecule has 88 valence electrons. The summed E-state index contributed by atoms with van der Waals surface area (Å²) >= 11 is 0. The average molecular weight is 230 g/mol. The zero-order valence-electron chi connectivity index (χ0n) is 9.05. The largest absolute Gasteiger partial charge is 0.399 e. The third-order valence-corrected chi connectivity index (χ3v) is 3.20. The number of hydrogen-bond donors (Lipinski definition) is 1. The van der Waals surface area contributed by atoms with Crippen LogP contribution < -0.4 is 5.73 Å². The highest BCUT2D eigenvalue weighted by Crippen LogP contribution is 2.51. The standard InChI is InChI=1S/C11H13F3N2/c1-7-9(6-15)4-3-5-10(7,8(2)16)11(12,13)14/h3-5,7-8H,16H2,1-2H3/t7-,8?,10?/m1/s1. The molecule has 1 rings (SSSR count). The molecule has 0 heterocycles. The lowest BCUT2D eigenvalue weighted by Gasteiger charge is -2.42. The minimum Gasteiger partial charge on any atom is -0.327 e. The van der Waals surface area contributed by atoms with Crippen LogP contribution in [-0.2, 0) is 0 Å². The van der Waals surface area contributed by atoms with Gasteiger partial charge in [0.05, 0.1) is 6.07 Å². The topological polar surface area (TPSA) is 49.8 Å². The van der Waals surface area contributed by atoms with Crippen LogP contribution in [-0.4, -0.2) is 12.2 Å². The minimum absolute atomic E-state index is 0.108. The molecule has 2 unspecified atom stereocenters. The van der Waals surface area contributed by atoms with E-state index >= 15 is 0 Å². The zero-order chi connectivity index (χ0) is 12.6. The summed E-state index contributed by atoms with van der Waals surface area (Å²) in [7, 11) is 0. The predicted octanol–water partition coefficient (Wildman–Crippen LogP) is 2.54. The van der Waals surface area contributed by atoms with Crippen molar-refractivity contribution >= 4 is 0 Å². The molecule has 5 heteroatoms. The van der Waals surface area contributed by atoms with Gasteiger partial charge in [-0.05, 0) is 13.0 Å². The maximum atomic E-state index is 13.1. The fourth-order valence-electron chi connectivity index (χ4n) is 2.14. The summed E-state index contributed by atoms with van der Waals surface area (Å²) in [5, 5.41) is 8.78. The van der Waals surface area contributed by atoms with Gasteiger partial charge < -0.3 is 5.73 Å². The van der Waals surface area contributed by atoms with Crippen LogP contribution in [0.4, 0.5) is 13.2 Å². The van der Waals surface area contributed by atoms with Crippen molar-refractivity contribution in [3.8, 4) is 6.07 Å². The van der Waals surface area contributed by atoms with Crippen LogP contribution in [0.5, 0.6) is 0 Å². The third kappa shape index (κ3) is 1.63. The molecule has 0 bridgehead atoms. The minimum atomic E-state index is -4.46. The van der Waals surface area contributed by atoms with Crippen LogP contribution >= 0.6 is 0 Å². The van der Waals surface area contributed by atoms with Crippen molar-refractivity contribution in [2.24, 2.45) is 17.1 Å². The molecule has 2 nitrogen and oxygen atoms in total. The molecule has 0 radical (unpaired) electrons. The molecule has 0 aromatic heterocycles. The Morgan fingerprint density at radius 2 is 2.12 bits per heavy atom. The van der Waals surface area contributed by atoms with Gasteiger partial charge in [-0.25, -0.2) is 0 Å². The lowest BCUT2D eigenvalue weighted by molar-refractivity contribution is -0.223. The second kappa shape index (κ2) is 3.95. The van der Waals surface area contributed by atoms with E-state index in [0.29, 0.717) is 0 Å². The second-order valence-electron chi connectivity index (χ2n) is 4.03. The summed E-state index contributed by atoms with van der Waals surface area (Å²) in [6, 6.07) is 0.689. The quantitative estimate of drug-likeness (QED) is 0.752. The highest BCUT2D eigenvalue weighted by molar-refractivity contribution is 5.37. The number of nitrogens with two attached hydrogens (primary N) is 1. The monoisotopic (exact) mass is 230 g/mol. The smallest absolute Gasteiger partial charge is 0.327 e. The fraction of sp³-hybridized carbons (Fsp3) is 0.545. The average Bonchev–Trinajstić information content (AvgIpc) is 2.15. The zero-order valence-corrected chi connectivity index (χ0v) is 9.05. The Bertz CT molecular complexity index is 374. The Labute approximate surface area is 92.2 Å². The molecule has 16 heavy (non-hydrogen) atoms. The number of nitriles is 1. The summed E-state index contributed by atoms with van der Waals surface area (Å²) in [6.45, 7) is 2.70. The van der Waals surface area contributed by atoms with Crippen molar-refractivity contribution in [1.82, 2.24) is 0 Å². The molecule has 3 atom stereocenters. The van der Waals surface area contributed by atoms with Gasteiger partial charge in [-0.15, -0.1) is 0 Å². The fourth-order valence-corrected chi connectivity index (χ4v) is 2.14. The van der Waals surface area contributed by atoms with Gasteiger partial charge in [0.2, 0.25) is 0 Å². The molecule has 0 saturated carbocycles. The first-order valence-electron chi connectivity index (χ1n) is 4.89. The number of alkyl halides is 3. The molecule has 0 fully saturated rings. The number of allylic oxidation sites excluding steroid dienone is 3. The van der Waals surface area contributed by atoms with Crippen molar-refractivity contribution in [1.29, 1.82) is 5.26 Å². The molecule has 0 amide bonds. The normalized spacial score (nSPS) is 31.8. The maximum absolute atomic E-state index is 13.1. The van der Waals surface area contributed by atoms with Crippen molar-refractivity contribution in [3.05, 3.63) is 23.8 Å². The SMILES string of the molecule is CC(N)C1(C(F)(F)F)C=CC=C(C#N)[C@H]1C. The molecule has 0 spiro atoms. The van der Waals surface area contributed by atoms with E-state index in [2.05, 4.69) is 0 Å². The molecule has 0 aliphatic heterocycles. The number of halogens is 3. The van der Waals surface area contributed by atoms with Crippen LogP contribution in [0.2, 0.25) is 0 Å². The van der Waals surface area contributed by atoms with Gasteiger partial charge in [0.25, 0.3) is 0 Å². The van der Waals surface area contributed by atoms with E-state index in [0.717, 1.165) is 6.08 Å². The van der Waals surface area contributed by atoms with Crippen molar-refractivity contribution in [3.63, 3.8) is 0 Å². The first-order valence-corrected chi connectivity index (χ1v) is 4.89. The number of rotatable bonds is 1. The molecule has 0 aromatic carbocycles. The first kappa shape index (κ1) is 12.8. The van der Waals surface area contributed by atoms with Gasteiger partial charge in [-0.1, -0.05) is 19.1 Å². The van der Waals surface area contributed by atoms with Crippen LogP contribution in [0.25, 0.3) is 0 Å². The van der Waals surface area contributed by atoms with Gasteiger partial charge >= 0.3 is 6.18 Å². The van der Waals surface area contributed by atoms with Gasteiger partial charge in [0.15, 0.2) is 0 Å². The summed E-state index contributed by atoms with van der Waals surface area (Å²) in [4.78, 5) is 0. The van der Waals surface area contributed by atoms with E-state index in [1.165, 1.54) is 26.0 Å². The highest BCUT2D eigenvalue weighted by atomic mass is 19.4. The summed E-state index contributed by atoms with van der Waals surface area (Å²) in [5.74, 6) is -0.956. The number of nitrogens with zero attached hydrogens (tertiary/aromatic N) is 1. The van der Waals surface area contributed by atoms with Gasteiger partial charge in [0, 0.05) is 17.5 Å². The third-order valence-electron chi connectivity index (χ3n) is 3.20. The molecule has 2 N–H and O–H groups in total. The Hall–Kier alpha value is -1.28. The highest BCUT2D eigenvalue weighted by Gasteiger charge is 2.59. The Kier molecular flexibility index (Phi) is 3.15. The first-order chi connectivity index (χ1) is 7.27. The van der Waals surface area contributed by atoms with E-state index in [-0.39, 0.29) is 5.57 Å². The predicted molar refractivity (Wildman–Crippen MR) is 54.1 cm³/mol. The second-order valence-corrected chi connectivity index (χ2v) is 4.03. The van der Waals surface area contributed by atoms with E-state index in [1.54, 1.807) is 6.07 Å². The van der Waals surface area contributed by atoms with Gasteiger partial charge in [-0.2, -0.15) is 18.4 Å². The van der Waals surface area contributed by atoms with E-state index in [4.69, 9.17) is 11.0 Å². The maximum Gasteiger partial charge on any atom is 0.399 e. The number of hydrogen-bond acceptors (Lipinski definition) is 2. The lowest BCUT2D eigenvalue weighted by atomic mass is 9.66. The molecular weight excluding hydrogens is 217 g/mol. The summed E-state index contributed by atoms with van der Waals surface area (Å²) in [6.07, 6.45) is -0.747. The Balaban J connectivity index is 3.32. The van der Waals surface area contributed by atoms with Crippen LogP contribution in [0, 0.1) is 22.7 Å². The Morgan fingerprint density at radius 3 is 2.50 bits per heavy atom. The molecule has 1 aliphatic rings. The van der Waals surface area contributed by atoms with E-state index < -0.39 is 23.6 Å². The molecule has 0 aromatic rings. The molecular formula is C11H13F3N2. The molecule has 1 aliphatic carbocycles. The van der Waals surface area contributed by atoms with Crippen LogP contribution in [0.3, 0.4) is 0 Å². The Morgan fingerprint density at radius 1 is 1.56 bits per heavy atom. The van der Waals surface area contributed by atoms with E-state index in [1.807, 2.05) is 0 Å². The van der Waals surface area contributed by atoms with Crippen LogP contribution in [0.1, 0.15) is 13.8 Å². The molecule has 0 saturated heterocycles. The lowest BCUT2D eigenvalue weighted by Crippen LogP contribution is -2.54. The van der Waals surface area contributed by atoms with E-state index in [9.17, 15) is 13.2 Å². The van der Waals surface area contributed by atoms with Gasteiger partial charge in [-0.3, -0.25) is 0 Å². The van der Waals surface area contributed by atoms with Crippen molar-refractivity contribution in [2.45, 2.75) is 26.1 Å². The van der Waals surface area contributed by atoms with Gasteiger partial charge in [0.1, 0.15) is 5.41 Å². The van der Waals surface area contributed by atoms with Crippen molar-refractivity contribution < 1.29 is 13.2 Å².